The SMILES string of the molecule is Cc1cc(-c2cc(N=Nc3ccccc3)ccc2O)c(C#N)c(=O)[nH]1. The van der Waals surface area contributed by atoms with E-state index in [0.717, 1.165) is 0 Å². The lowest BCUT2D eigenvalue weighted by atomic mass is 9.99. The number of azo groups is 1. The van der Waals surface area contributed by atoms with Crippen LogP contribution in [0.2, 0.25) is 0 Å². The number of nitrogens with one attached hydrogen (secondary N) is 1. The Morgan fingerprint density at radius 2 is 1.72 bits per heavy atom. The lowest BCUT2D eigenvalue weighted by Gasteiger charge is -2.08. The zero-order valence-corrected chi connectivity index (χ0v) is 13.4. The van der Waals surface area contributed by atoms with Crippen LogP contribution in [0.25, 0.3) is 11.1 Å². The summed E-state index contributed by atoms with van der Waals surface area (Å²) >= 11 is 0. The van der Waals surface area contributed by atoms with Crippen molar-refractivity contribution < 1.29 is 5.11 Å². The van der Waals surface area contributed by atoms with Crippen molar-refractivity contribution in [2.75, 3.05) is 0 Å². The predicted octanol–water partition coefficient (Wildman–Crippen LogP) is 4.34. The lowest BCUT2D eigenvalue weighted by molar-refractivity contribution is 0.477. The van der Waals surface area contributed by atoms with E-state index in [1.165, 1.54) is 6.07 Å². The topological polar surface area (TPSA) is 102 Å². The maximum Gasteiger partial charge on any atom is 0.266 e. The zero-order chi connectivity index (χ0) is 17.8. The van der Waals surface area contributed by atoms with E-state index in [0.29, 0.717) is 28.2 Å². The van der Waals surface area contributed by atoms with Gasteiger partial charge in [-0.05, 0) is 43.3 Å². The van der Waals surface area contributed by atoms with E-state index in [9.17, 15) is 15.2 Å². The van der Waals surface area contributed by atoms with Crippen molar-refractivity contribution >= 4 is 11.4 Å². The van der Waals surface area contributed by atoms with Crippen LogP contribution >= 0.6 is 0 Å². The second-order valence-electron chi connectivity index (χ2n) is 5.42. The van der Waals surface area contributed by atoms with Crippen molar-refractivity contribution in [3.63, 3.8) is 0 Å². The quantitative estimate of drug-likeness (QED) is 0.698. The number of aryl methyl sites for hydroxylation is 1. The molecular formula is C19H14N4O2. The average Bonchev–Trinajstić information content (AvgIpc) is 2.61. The number of phenols is 1. The summed E-state index contributed by atoms with van der Waals surface area (Å²) in [5.74, 6) is -0.0415. The van der Waals surface area contributed by atoms with E-state index < -0.39 is 5.56 Å². The van der Waals surface area contributed by atoms with Crippen LogP contribution in [-0.4, -0.2) is 10.1 Å². The number of nitrogens with zero attached hydrogens (tertiary/aromatic N) is 3. The molecule has 2 aromatic carbocycles. The van der Waals surface area contributed by atoms with Crippen molar-refractivity contribution in [3.8, 4) is 22.9 Å². The van der Waals surface area contributed by atoms with Crippen LogP contribution in [0, 0.1) is 18.3 Å². The van der Waals surface area contributed by atoms with E-state index in [4.69, 9.17) is 0 Å². The molecule has 0 saturated heterocycles. The highest BCUT2D eigenvalue weighted by Crippen LogP contribution is 2.34. The summed E-state index contributed by atoms with van der Waals surface area (Å²) in [7, 11) is 0. The fourth-order valence-corrected chi connectivity index (χ4v) is 2.42. The Morgan fingerprint density at radius 3 is 2.44 bits per heavy atom. The molecule has 1 heterocycles. The maximum absolute atomic E-state index is 12.0. The van der Waals surface area contributed by atoms with E-state index in [2.05, 4.69) is 15.2 Å². The zero-order valence-electron chi connectivity index (χ0n) is 13.4. The van der Waals surface area contributed by atoms with Crippen molar-refractivity contribution in [3.05, 3.63) is 76.2 Å². The molecule has 3 aromatic rings. The van der Waals surface area contributed by atoms with Crippen LogP contribution in [0.4, 0.5) is 11.4 Å². The molecule has 0 unspecified atom stereocenters. The number of aromatic amines is 1. The Labute approximate surface area is 143 Å². The van der Waals surface area contributed by atoms with Gasteiger partial charge in [-0.1, -0.05) is 18.2 Å². The number of phenolic OH excluding ortho intramolecular Hbond substituents is 1. The van der Waals surface area contributed by atoms with Gasteiger partial charge in [0.05, 0.1) is 11.4 Å². The average molecular weight is 330 g/mol. The largest absolute Gasteiger partial charge is 0.507 e. The van der Waals surface area contributed by atoms with Crippen molar-refractivity contribution in [1.29, 1.82) is 5.26 Å². The molecule has 0 bridgehead atoms. The number of pyridine rings is 1. The first-order valence-corrected chi connectivity index (χ1v) is 7.52. The monoisotopic (exact) mass is 330 g/mol. The summed E-state index contributed by atoms with van der Waals surface area (Å²) in [6.07, 6.45) is 0. The third kappa shape index (κ3) is 3.46. The highest BCUT2D eigenvalue weighted by Gasteiger charge is 2.14. The standard InChI is InChI=1S/C19H14N4O2/c1-12-9-15(17(11-20)19(25)21-12)16-10-14(7-8-18(16)24)23-22-13-5-3-2-4-6-13/h2-10,24H,1H3,(H,21,25). The molecule has 0 atom stereocenters. The predicted molar refractivity (Wildman–Crippen MR) is 94.2 cm³/mol. The number of aromatic hydroxyl groups is 1. The van der Waals surface area contributed by atoms with E-state index in [1.54, 1.807) is 25.1 Å². The van der Waals surface area contributed by atoms with E-state index >= 15 is 0 Å². The molecule has 0 radical (unpaired) electrons. The molecule has 0 fully saturated rings. The van der Waals surface area contributed by atoms with Gasteiger partial charge in [0.25, 0.3) is 5.56 Å². The van der Waals surface area contributed by atoms with Gasteiger partial charge in [0.1, 0.15) is 17.4 Å². The molecule has 0 saturated carbocycles. The summed E-state index contributed by atoms with van der Waals surface area (Å²) in [6, 6.07) is 17.4. The number of nitriles is 1. The second-order valence-corrected chi connectivity index (χ2v) is 5.42. The molecule has 2 N–H and O–H groups in total. The van der Waals surface area contributed by atoms with Crippen LogP contribution in [0.3, 0.4) is 0 Å². The number of hydrogen-bond donors (Lipinski definition) is 2. The van der Waals surface area contributed by atoms with E-state index in [-0.39, 0.29) is 11.3 Å². The minimum atomic E-state index is -0.492. The summed E-state index contributed by atoms with van der Waals surface area (Å²) in [5, 5.41) is 27.7. The molecule has 6 nitrogen and oxygen atoms in total. The first-order chi connectivity index (χ1) is 12.1. The minimum absolute atomic E-state index is 0.0415. The first kappa shape index (κ1) is 16.1. The van der Waals surface area contributed by atoms with Crippen molar-refractivity contribution in [1.82, 2.24) is 4.98 Å². The fourth-order valence-electron chi connectivity index (χ4n) is 2.42. The second kappa shape index (κ2) is 6.81. The molecule has 25 heavy (non-hydrogen) atoms. The summed E-state index contributed by atoms with van der Waals surface area (Å²) in [4.78, 5) is 14.5. The van der Waals surface area contributed by atoms with Gasteiger partial charge in [0, 0.05) is 16.8 Å². The number of H-pyrrole nitrogens is 1. The Morgan fingerprint density at radius 1 is 1.00 bits per heavy atom. The fraction of sp³-hybridized carbons (Fsp3) is 0.0526. The highest BCUT2D eigenvalue weighted by molar-refractivity contribution is 5.77. The number of aromatic nitrogens is 1. The lowest BCUT2D eigenvalue weighted by Crippen LogP contribution is -2.12. The van der Waals surface area contributed by atoms with Crippen LogP contribution in [0.15, 0.2) is 69.6 Å². The Hall–Kier alpha value is -3.72. The van der Waals surface area contributed by atoms with E-state index in [1.807, 2.05) is 36.4 Å². The summed E-state index contributed by atoms with van der Waals surface area (Å²) in [6.45, 7) is 1.71. The molecule has 0 amide bonds. The molecule has 122 valence electrons. The van der Waals surface area contributed by atoms with Crippen molar-refractivity contribution in [2.45, 2.75) is 6.92 Å². The Bertz CT molecular complexity index is 1050. The van der Waals surface area contributed by atoms with Crippen molar-refractivity contribution in [2.24, 2.45) is 10.2 Å². The van der Waals surface area contributed by atoms with Gasteiger partial charge < -0.3 is 10.1 Å². The Balaban J connectivity index is 2.09. The van der Waals surface area contributed by atoms with Gasteiger partial charge >= 0.3 is 0 Å². The van der Waals surface area contributed by atoms with Gasteiger partial charge in [0.15, 0.2) is 0 Å². The van der Waals surface area contributed by atoms with Crippen LogP contribution in [0.1, 0.15) is 11.3 Å². The van der Waals surface area contributed by atoms with Gasteiger partial charge in [-0.15, -0.1) is 0 Å². The Kier molecular flexibility index (Phi) is 4.40. The molecule has 0 spiro atoms. The number of benzene rings is 2. The molecule has 1 aromatic heterocycles. The minimum Gasteiger partial charge on any atom is -0.507 e. The van der Waals surface area contributed by atoms with Gasteiger partial charge in [-0.25, -0.2) is 0 Å². The first-order valence-electron chi connectivity index (χ1n) is 7.52. The van der Waals surface area contributed by atoms with Crippen LogP contribution in [-0.2, 0) is 0 Å². The summed E-state index contributed by atoms with van der Waals surface area (Å²) in [5.41, 5.74) is 1.95. The van der Waals surface area contributed by atoms with Gasteiger partial charge in [0.2, 0.25) is 0 Å². The molecular weight excluding hydrogens is 316 g/mol. The summed E-state index contributed by atoms with van der Waals surface area (Å²) < 4.78 is 0. The number of rotatable bonds is 3. The molecule has 0 aliphatic carbocycles. The molecule has 0 aliphatic rings. The normalized spacial score (nSPS) is 10.7. The molecule has 3 rings (SSSR count). The third-order valence-corrected chi connectivity index (χ3v) is 3.59. The van der Waals surface area contributed by atoms with Gasteiger partial charge in [-0.3, -0.25) is 4.79 Å². The third-order valence-electron chi connectivity index (χ3n) is 3.59. The smallest absolute Gasteiger partial charge is 0.266 e. The molecule has 0 aliphatic heterocycles. The highest BCUT2D eigenvalue weighted by atomic mass is 16.3. The van der Waals surface area contributed by atoms with Gasteiger partial charge in [-0.2, -0.15) is 15.5 Å². The van der Waals surface area contributed by atoms with Crippen LogP contribution in [0.5, 0.6) is 5.75 Å². The number of hydrogen-bond acceptors (Lipinski definition) is 5. The van der Waals surface area contributed by atoms with Crippen LogP contribution < -0.4 is 5.56 Å². The maximum atomic E-state index is 12.0. The molecule has 6 heteroatoms.